The second kappa shape index (κ2) is 7.88. The molecule has 0 atom stereocenters. The van der Waals surface area contributed by atoms with Crippen molar-refractivity contribution in [2.45, 2.75) is 12.8 Å². The molecule has 6 N–H and O–H groups in total. The molecule has 0 spiro atoms. The topological polar surface area (TPSA) is 182 Å². The summed E-state index contributed by atoms with van der Waals surface area (Å²) in [4.78, 5) is 48.1. The highest BCUT2D eigenvalue weighted by Gasteiger charge is 2.19. The average Bonchev–Trinajstić information content (AvgIpc) is 1.94. The smallest absolute Gasteiger partial charge is 0.396 e. The summed E-state index contributed by atoms with van der Waals surface area (Å²) in [6.45, 7) is -0.212. The molecule has 0 radical (unpaired) electrons. The number of carbonyl (C=O) groups is 1. The number of hydrogen-bond acceptors (Lipinski definition) is 5. The van der Waals surface area contributed by atoms with E-state index in [1.165, 1.54) is 0 Å². The summed E-state index contributed by atoms with van der Waals surface area (Å²) >= 11 is 0. The van der Waals surface area contributed by atoms with E-state index in [1.807, 2.05) is 0 Å². The van der Waals surface area contributed by atoms with Gasteiger partial charge in [0.15, 0.2) is 0 Å². The van der Waals surface area contributed by atoms with Gasteiger partial charge in [0.05, 0.1) is 0 Å². The number of phosphoric ester groups is 1. The Morgan fingerprint density at radius 3 is 1.69 bits per heavy atom. The predicted octanol–water partition coefficient (Wildman–Crippen LogP) is -1.53. The Hall–Kier alpha value is -0.310. The molecule has 0 bridgehead atoms. The van der Waals surface area contributed by atoms with Crippen molar-refractivity contribution in [1.29, 1.82) is 0 Å². The van der Waals surface area contributed by atoms with Gasteiger partial charge in [0.1, 0.15) is 0 Å². The number of rotatable bonds is 4. The van der Waals surface area contributed by atoms with Crippen molar-refractivity contribution in [3.63, 3.8) is 0 Å². The lowest BCUT2D eigenvalue weighted by Gasteiger charge is -2.03. The van der Waals surface area contributed by atoms with Crippen LogP contribution in [0.4, 0.5) is 0 Å². The zero-order valence-corrected chi connectivity index (χ0v) is 9.62. The van der Waals surface area contributed by atoms with Crippen LogP contribution in [-0.4, -0.2) is 42.1 Å². The minimum absolute atomic E-state index is 0.138. The van der Waals surface area contributed by atoms with Gasteiger partial charge in [-0.15, -0.1) is 0 Å². The highest BCUT2D eigenvalue weighted by molar-refractivity contribution is 7.46. The molecule has 0 aromatic heterocycles. The lowest BCUT2D eigenvalue weighted by molar-refractivity contribution is -0.135. The zero-order valence-electron chi connectivity index (χ0n) is 7.83. The van der Waals surface area contributed by atoms with Crippen LogP contribution in [0.3, 0.4) is 0 Å². The van der Waals surface area contributed by atoms with Gasteiger partial charge >= 0.3 is 21.6 Å². The monoisotopic (exact) mass is 282 g/mol. The third kappa shape index (κ3) is 29.2. The van der Waals surface area contributed by atoms with Crippen molar-refractivity contribution in [1.82, 2.24) is 0 Å². The van der Waals surface area contributed by atoms with E-state index in [9.17, 15) is 9.36 Å². The Labute approximate surface area is 90.0 Å². The molecular formula is C4H12O10P2. The summed E-state index contributed by atoms with van der Waals surface area (Å²) in [5.41, 5.74) is 0. The number of aliphatic hydroxyl groups is 1. The number of carbonyl (C=O) groups excluding carboxylic acids is 1. The molecule has 10 nitrogen and oxygen atoms in total. The van der Waals surface area contributed by atoms with Crippen molar-refractivity contribution in [2.75, 3.05) is 6.61 Å². The zero-order chi connectivity index (χ0) is 13.4. The van der Waals surface area contributed by atoms with Crippen LogP contribution in [0.25, 0.3) is 0 Å². The van der Waals surface area contributed by atoms with Crippen LogP contribution in [0.1, 0.15) is 12.8 Å². The molecular weight excluding hydrogens is 270 g/mol. The van der Waals surface area contributed by atoms with Gasteiger partial charge in [0, 0.05) is 13.0 Å². The highest BCUT2D eigenvalue weighted by Crippen LogP contribution is 2.36. The van der Waals surface area contributed by atoms with E-state index in [0.29, 0.717) is 0 Å². The van der Waals surface area contributed by atoms with Gasteiger partial charge < -0.3 is 24.3 Å². The van der Waals surface area contributed by atoms with Crippen LogP contribution in [0.2, 0.25) is 0 Å². The normalized spacial score (nSPS) is 11.4. The van der Waals surface area contributed by atoms with Gasteiger partial charge in [0.25, 0.3) is 0 Å². The van der Waals surface area contributed by atoms with E-state index in [1.54, 1.807) is 0 Å². The van der Waals surface area contributed by atoms with Crippen LogP contribution in [-0.2, 0) is 18.4 Å². The summed E-state index contributed by atoms with van der Waals surface area (Å²) in [7, 11) is -9.33. The van der Waals surface area contributed by atoms with E-state index < -0.39 is 21.6 Å². The van der Waals surface area contributed by atoms with Crippen molar-refractivity contribution < 1.29 is 48.0 Å². The Morgan fingerprint density at radius 1 is 1.06 bits per heavy atom. The number of aliphatic hydroxyl groups excluding tert-OH is 1. The Balaban J connectivity index is 0. The van der Waals surface area contributed by atoms with Crippen molar-refractivity contribution in [2.24, 2.45) is 0 Å². The lowest BCUT2D eigenvalue weighted by Crippen LogP contribution is -2.02. The van der Waals surface area contributed by atoms with Gasteiger partial charge in [-0.25, -0.2) is 9.13 Å². The first-order valence-electron chi connectivity index (χ1n) is 3.63. The Kier molecular flexibility index (Phi) is 8.90. The Bertz CT molecular complexity index is 279. The second-order valence-electron chi connectivity index (χ2n) is 2.29. The van der Waals surface area contributed by atoms with Crippen LogP contribution in [0, 0.1) is 0 Å². The Morgan fingerprint density at radius 2 is 1.44 bits per heavy atom. The molecule has 0 aliphatic carbocycles. The average molecular weight is 282 g/mol. The molecule has 98 valence electrons. The molecule has 0 aliphatic heterocycles. The van der Waals surface area contributed by atoms with Crippen LogP contribution in [0.15, 0.2) is 0 Å². The predicted molar refractivity (Wildman–Crippen MR) is 48.7 cm³/mol. The molecule has 0 heterocycles. The fraction of sp³-hybridized carbons (Fsp3) is 0.750. The van der Waals surface area contributed by atoms with Gasteiger partial charge in [0.2, 0.25) is 0 Å². The highest BCUT2D eigenvalue weighted by atomic mass is 31.2. The summed E-state index contributed by atoms with van der Waals surface area (Å²) in [5, 5.41) is 8.21. The summed E-state index contributed by atoms with van der Waals surface area (Å²) in [6.07, 6.45) is -0.0551. The molecule has 0 fully saturated rings. The molecule has 12 heteroatoms. The van der Waals surface area contributed by atoms with Crippen LogP contribution < -0.4 is 0 Å². The quantitative estimate of drug-likeness (QED) is 0.330. The van der Waals surface area contributed by atoms with E-state index >= 15 is 0 Å². The van der Waals surface area contributed by atoms with Crippen LogP contribution in [0.5, 0.6) is 0 Å². The molecule has 0 saturated carbocycles. The largest absolute Gasteiger partial charge is 0.526 e. The van der Waals surface area contributed by atoms with Gasteiger partial charge in [-0.1, -0.05) is 0 Å². The fourth-order valence-electron chi connectivity index (χ4n) is 0.402. The van der Waals surface area contributed by atoms with E-state index in [-0.39, 0.29) is 19.4 Å². The van der Waals surface area contributed by atoms with Crippen molar-refractivity contribution in [3.05, 3.63) is 0 Å². The third-order valence-corrected chi connectivity index (χ3v) is 1.20. The molecule has 0 unspecified atom stereocenters. The third-order valence-electron chi connectivity index (χ3n) is 0.760. The SMILES string of the molecule is O=C(CCCO)OP(=O)(O)O.O=P(O)(O)O. The van der Waals surface area contributed by atoms with Crippen molar-refractivity contribution >= 4 is 21.6 Å². The summed E-state index contributed by atoms with van der Waals surface area (Å²) in [5.74, 6) is -1.01. The first-order chi connectivity index (χ1) is 6.95. The molecule has 16 heavy (non-hydrogen) atoms. The standard InChI is InChI=1S/C4H9O6P.H3O4P/c5-3-1-2-4(6)10-11(7,8)9;1-5(2,3)4/h5H,1-3H2,(H2,7,8,9);(H3,1,2,3,4). The first kappa shape index (κ1) is 18.1. The molecule has 0 rings (SSSR count). The van der Waals surface area contributed by atoms with Crippen molar-refractivity contribution in [3.8, 4) is 0 Å². The summed E-state index contributed by atoms with van der Waals surface area (Å²) < 4.78 is 22.5. The number of phosphoric acid groups is 2. The fourth-order valence-corrected chi connectivity index (χ4v) is 0.758. The lowest BCUT2D eigenvalue weighted by atomic mass is 10.3. The molecule has 0 amide bonds. The van der Waals surface area contributed by atoms with Gasteiger partial charge in [-0.05, 0) is 6.42 Å². The maximum absolute atomic E-state index is 10.4. The maximum atomic E-state index is 10.4. The minimum atomic E-state index is -4.69. The molecule has 0 aromatic carbocycles. The minimum Gasteiger partial charge on any atom is -0.396 e. The number of hydrogen-bond donors (Lipinski definition) is 6. The van der Waals surface area contributed by atoms with E-state index in [2.05, 4.69) is 4.52 Å². The molecule has 0 aliphatic rings. The van der Waals surface area contributed by atoms with Gasteiger partial charge in [-0.3, -0.25) is 14.6 Å². The molecule has 0 saturated heterocycles. The second-order valence-corrected chi connectivity index (χ2v) is 4.48. The maximum Gasteiger partial charge on any atom is 0.526 e. The summed E-state index contributed by atoms with van der Waals surface area (Å²) in [6, 6.07) is 0. The molecule has 0 aromatic rings. The van der Waals surface area contributed by atoms with Gasteiger partial charge in [-0.2, -0.15) is 0 Å². The van der Waals surface area contributed by atoms with E-state index in [4.69, 9.17) is 34.1 Å². The van der Waals surface area contributed by atoms with E-state index in [0.717, 1.165) is 0 Å². The first-order valence-corrected chi connectivity index (χ1v) is 6.72. The van der Waals surface area contributed by atoms with Crippen LogP contribution >= 0.6 is 15.6 Å².